The van der Waals surface area contributed by atoms with Crippen LogP contribution in [0.1, 0.15) is 12.8 Å². The molecule has 2 fully saturated rings. The molecule has 0 radical (unpaired) electrons. The molecule has 32 heavy (non-hydrogen) atoms. The van der Waals surface area contributed by atoms with Gasteiger partial charge >= 0.3 is 0 Å². The summed E-state index contributed by atoms with van der Waals surface area (Å²) in [4.78, 5) is 20.4. The highest BCUT2D eigenvalue weighted by molar-refractivity contribution is 7.89. The monoisotopic (exact) mass is 459 g/mol. The van der Waals surface area contributed by atoms with Gasteiger partial charge in [0.05, 0.1) is 7.11 Å². The van der Waals surface area contributed by atoms with Crippen LogP contribution in [0.3, 0.4) is 0 Å². The van der Waals surface area contributed by atoms with E-state index in [0.717, 1.165) is 24.5 Å². The first-order chi connectivity index (χ1) is 15.4. The van der Waals surface area contributed by atoms with Crippen molar-refractivity contribution in [1.82, 2.24) is 9.29 Å². The molecule has 0 spiro atoms. The van der Waals surface area contributed by atoms with Gasteiger partial charge in [0, 0.05) is 57.1 Å². The number of carbonyl (C=O) groups excluding carboxylic acids is 1. The molecule has 0 bridgehead atoms. The van der Waals surface area contributed by atoms with Crippen molar-refractivity contribution >= 4 is 27.4 Å². The van der Waals surface area contributed by atoms with Gasteiger partial charge in [0.1, 0.15) is 16.5 Å². The van der Waals surface area contributed by atoms with Crippen LogP contribution >= 0.6 is 0 Å². The Morgan fingerprint density at radius 2 is 1.62 bits per heavy atom. The first-order valence-electron chi connectivity index (χ1n) is 10.8. The van der Waals surface area contributed by atoms with Crippen molar-refractivity contribution in [2.24, 2.45) is 11.7 Å². The van der Waals surface area contributed by atoms with Crippen molar-refractivity contribution in [3.8, 4) is 5.75 Å². The van der Waals surface area contributed by atoms with E-state index in [-0.39, 0.29) is 29.8 Å². The fraction of sp³-hybridized carbons (Fsp3) is 0.455. The SMILES string of the molecule is COc1ccc(N2CCN(c3ncccc3S(=O)(=O)N3CCC(C(N)=O)CC3)CC2)cc1. The minimum absolute atomic E-state index is 0.218. The molecule has 0 aliphatic carbocycles. The summed E-state index contributed by atoms with van der Waals surface area (Å²) in [6.07, 6.45) is 2.53. The van der Waals surface area contributed by atoms with Crippen LogP contribution in [0.5, 0.6) is 5.75 Å². The summed E-state index contributed by atoms with van der Waals surface area (Å²) >= 11 is 0. The number of hydrogen-bond acceptors (Lipinski definition) is 7. The smallest absolute Gasteiger partial charge is 0.246 e. The first-order valence-corrected chi connectivity index (χ1v) is 12.2. The van der Waals surface area contributed by atoms with Gasteiger partial charge in [0.2, 0.25) is 15.9 Å². The lowest BCUT2D eigenvalue weighted by atomic mass is 9.98. The number of aromatic nitrogens is 1. The number of nitrogens with zero attached hydrogens (tertiary/aromatic N) is 4. The maximum Gasteiger partial charge on any atom is 0.246 e. The molecule has 1 aromatic heterocycles. The van der Waals surface area contributed by atoms with Crippen LogP contribution in [-0.4, -0.2) is 70.0 Å². The molecular formula is C22H29N5O4S. The third kappa shape index (κ3) is 4.51. The summed E-state index contributed by atoms with van der Waals surface area (Å²) in [5.74, 6) is 0.675. The zero-order valence-electron chi connectivity index (χ0n) is 18.2. The van der Waals surface area contributed by atoms with Gasteiger partial charge in [0.25, 0.3) is 0 Å². The van der Waals surface area contributed by atoms with Gasteiger partial charge in [-0.1, -0.05) is 0 Å². The number of nitrogens with two attached hydrogens (primary N) is 1. The molecule has 1 aromatic carbocycles. The standard InChI is InChI=1S/C22H29N5O4S/c1-31-19-6-4-18(5-7-19)25-13-15-26(16-14-25)22-20(3-2-10-24-22)32(29,30)27-11-8-17(9-12-27)21(23)28/h2-7,10,17H,8-9,11-16H2,1H3,(H2,23,28). The fourth-order valence-corrected chi connectivity index (χ4v) is 5.94. The molecule has 0 unspecified atom stereocenters. The Morgan fingerprint density at radius 3 is 2.22 bits per heavy atom. The van der Waals surface area contributed by atoms with E-state index in [2.05, 4.69) is 9.88 Å². The minimum atomic E-state index is -3.71. The number of ether oxygens (including phenoxy) is 1. The van der Waals surface area contributed by atoms with Gasteiger partial charge < -0.3 is 20.3 Å². The molecule has 2 N–H and O–H groups in total. The molecule has 1 amide bonds. The second-order valence-electron chi connectivity index (χ2n) is 8.08. The van der Waals surface area contributed by atoms with E-state index in [1.54, 1.807) is 25.4 Å². The lowest BCUT2D eigenvalue weighted by Crippen LogP contribution is -2.47. The van der Waals surface area contributed by atoms with E-state index in [4.69, 9.17) is 10.5 Å². The van der Waals surface area contributed by atoms with Crippen molar-refractivity contribution in [3.63, 3.8) is 0 Å². The van der Waals surface area contributed by atoms with Gasteiger partial charge in [-0.15, -0.1) is 0 Å². The molecule has 2 aromatic rings. The van der Waals surface area contributed by atoms with Crippen molar-refractivity contribution < 1.29 is 17.9 Å². The molecule has 0 saturated carbocycles. The number of rotatable bonds is 6. The van der Waals surface area contributed by atoms with Gasteiger partial charge in [-0.3, -0.25) is 4.79 Å². The zero-order valence-corrected chi connectivity index (χ0v) is 19.0. The lowest BCUT2D eigenvalue weighted by Gasteiger charge is -2.38. The van der Waals surface area contributed by atoms with E-state index in [1.165, 1.54) is 4.31 Å². The maximum atomic E-state index is 13.4. The summed E-state index contributed by atoms with van der Waals surface area (Å²) in [5, 5.41) is 0. The highest BCUT2D eigenvalue weighted by Crippen LogP contribution is 2.30. The van der Waals surface area contributed by atoms with Crippen molar-refractivity contribution in [1.29, 1.82) is 0 Å². The Kier molecular flexibility index (Phi) is 6.52. The lowest BCUT2D eigenvalue weighted by molar-refractivity contribution is -0.122. The number of amides is 1. The zero-order chi connectivity index (χ0) is 22.7. The number of hydrogen-bond donors (Lipinski definition) is 1. The number of piperazine rings is 1. The molecular weight excluding hydrogens is 430 g/mol. The van der Waals surface area contributed by atoms with Gasteiger partial charge in [-0.25, -0.2) is 13.4 Å². The van der Waals surface area contributed by atoms with Crippen molar-refractivity contribution in [3.05, 3.63) is 42.6 Å². The summed E-state index contributed by atoms with van der Waals surface area (Å²) < 4.78 is 33.5. The van der Waals surface area contributed by atoms with E-state index in [1.807, 2.05) is 29.2 Å². The van der Waals surface area contributed by atoms with Gasteiger partial charge in [-0.05, 0) is 49.2 Å². The normalized spacial score (nSPS) is 18.5. The Hall–Kier alpha value is -2.85. The second kappa shape index (κ2) is 9.33. The van der Waals surface area contributed by atoms with Crippen molar-refractivity contribution in [2.75, 3.05) is 56.2 Å². The maximum absolute atomic E-state index is 13.4. The number of carbonyl (C=O) groups is 1. The number of anilines is 2. The molecule has 0 atom stereocenters. The van der Waals surface area contributed by atoms with E-state index in [9.17, 15) is 13.2 Å². The number of primary amides is 1. The molecule has 4 rings (SSSR count). The molecule has 2 aliphatic heterocycles. The third-order valence-electron chi connectivity index (χ3n) is 6.24. The molecule has 3 heterocycles. The molecule has 172 valence electrons. The summed E-state index contributed by atoms with van der Waals surface area (Å²) in [5.41, 5.74) is 6.50. The Morgan fingerprint density at radius 1 is 1.00 bits per heavy atom. The van der Waals surface area contributed by atoms with Gasteiger partial charge in [-0.2, -0.15) is 4.31 Å². The Balaban J connectivity index is 1.47. The Bertz CT molecular complexity index is 1040. The number of piperidine rings is 1. The molecule has 2 aliphatic rings. The average Bonchev–Trinajstić information content (AvgIpc) is 2.84. The van der Waals surface area contributed by atoms with Crippen LogP contribution in [0, 0.1) is 5.92 Å². The number of methoxy groups -OCH3 is 1. The van der Waals surface area contributed by atoms with Crippen LogP contribution < -0.4 is 20.3 Å². The number of pyridine rings is 1. The van der Waals surface area contributed by atoms with E-state index in [0.29, 0.717) is 31.7 Å². The van der Waals surface area contributed by atoms with Crippen LogP contribution in [0.15, 0.2) is 47.5 Å². The molecule has 2 saturated heterocycles. The van der Waals surface area contributed by atoms with Crippen LogP contribution in [0.4, 0.5) is 11.5 Å². The summed E-state index contributed by atoms with van der Waals surface area (Å²) in [6.45, 7) is 3.41. The predicted octanol–water partition coefficient (Wildman–Crippen LogP) is 1.30. The second-order valence-corrected chi connectivity index (χ2v) is 9.98. The van der Waals surface area contributed by atoms with E-state index >= 15 is 0 Å². The quantitative estimate of drug-likeness (QED) is 0.694. The van der Waals surface area contributed by atoms with E-state index < -0.39 is 10.0 Å². The number of sulfonamides is 1. The molecule has 9 nitrogen and oxygen atoms in total. The molecule has 10 heteroatoms. The first kappa shape index (κ1) is 22.3. The topological polar surface area (TPSA) is 109 Å². The Labute approximate surface area is 188 Å². The van der Waals surface area contributed by atoms with Crippen LogP contribution in [0.25, 0.3) is 0 Å². The number of benzene rings is 1. The minimum Gasteiger partial charge on any atom is -0.497 e. The largest absolute Gasteiger partial charge is 0.497 e. The average molecular weight is 460 g/mol. The fourth-order valence-electron chi connectivity index (χ4n) is 4.31. The summed E-state index contributed by atoms with van der Waals surface area (Å²) in [6, 6.07) is 11.2. The predicted molar refractivity (Wildman–Crippen MR) is 122 cm³/mol. The van der Waals surface area contributed by atoms with Crippen LogP contribution in [-0.2, 0) is 14.8 Å². The summed E-state index contributed by atoms with van der Waals surface area (Å²) in [7, 11) is -2.07. The van der Waals surface area contributed by atoms with Gasteiger partial charge in [0.15, 0.2) is 0 Å². The van der Waals surface area contributed by atoms with Crippen LogP contribution in [0.2, 0.25) is 0 Å². The highest BCUT2D eigenvalue weighted by Gasteiger charge is 2.34. The highest BCUT2D eigenvalue weighted by atomic mass is 32.2. The van der Waals surface area contributed by atoms with Crippen molar-refractivity contribution in [2.45, 2.75) is 17.7 Å². The third-order valence-corrected chi connectivity index (χ3v) is 8.16.